The molecule has 1 saturated heterocycles. The fourth-order valence-electron chi connectivity index (χ4n) is 5.87. The molecule has 1 spiro atoms. The van der Waals surface area contributed by atoms with Crippen molar-refractivity contribution in [1.82, 2.24) is 4.90 Å². The van der Waals surface area contributed by atoms with E-state index in [-0.39, 0.29) is 23.1 Å². The molecular weight excluding hydrogens is 306 g/mol. The summed E-state index contributed by atoms with van der Waals surface area (Å²) >= 11 is 0. The van der Waals surface area contributed by atoms with Crippen LogP contribution in [0.2, 0.25) is 0 Å². The number of likely N-dealkylation sites (tertiary alicyclic amines) is 1. The summed E-state index contributed by atoms with van der Waals surface area (Å²) in [6.45, 7) is 2.36. The van der Waals surface area contributed by atoms with E-state index in [0.717, 1.165) is 30.8 Å². The molecule has 0 aromatic heterocycles. The lowest BCUT2D eigenvalue weighted by Crippen LogP contribution is -2.66. The molecule has 2 fully saturated rings. The molecule has 1 aromatic rings. The number of ether oxygens (including phenoxy) is 2. The molecule has 0 unspecified atom stereocenters. The summed E-state index contributed by atoms with van der Waals surface area (Å²) in [5, 5.41) is 0. The molecule has 24 heavy (non-hydrogen) atoms. The first-order chi connectivity index (χ1) is 11.6. The Kier molecular flexibility index (Phi) is 2.70. The Labute approximate surface area is 140 Å². The van der Waals surface area contributed by atoms with Gasteiger partial charge in [-0.1, -0.05) is 6.07 Å². The number of amides is 1. The van der Waals surface area contributed by atoms with Crippen LogP contribution in [-0.2, 0) is 21.4 Å². The van der Waals surface area contributed by atoms with Crippen molar-refractivity contribution >= 4 is 11.7 Å². The second kappa shape index (κ2) is 4.52. The smallest absolute Gasteiger partial charge is 0.219 e. The van der Waals surface area contributed by atoms with E-state index in [4.69, 9.17) is 9.47 Å². The van der Waals surface area contributed by atoms with Gasteiger partial charge in [0.15, 0.2) is 23.4 Å². The van der Waals surface area contributed by atoms with Crippen LogP contribution >= 0.6 is 0 Å². The minimum Gasteiger partial charge on any atom is -0.493 e. The molecule has 0 radical (unpaired) electrons. The minimum atomic E-state index is -0.404. The highest BCUT2D eigenvalue weighted by Crippen LogP contribution is 2.63. The van der Waals surface area contributed by atoms with Gasteiger partial charge in [-0.2, -0.15) is 0 Å². The Morgan fingerprint density at radius 2 is 2.25 bits per heavy atom. The van der Waals surface area contributed by atoms with Gasteiger partial charge in [-0.15, -0.1) is 0 Å². The third kappa shape index (κ3) is 1.47. The number of benzene rings is 1. The molecule has 1 aromatic carbocycles. The van der Waals surface area contributed by atoms with Crippen LogP contribution < -0.4 is 9.47 Å². The van der Waals surface area contributed by atoms with Gasteiger partial charge in [0.1, 0.15) is 0 Å². The molecule has 4 atom stereocenters. The number of Topliss-reactive ketones (excluding diaryl/α,β-unsaturated/α-hetero) is 1. The van der Waals surface area contributed by atoms with Gasteiger partial charge in [0.05, 0.1) is 12.5 Å². The van der Waals surface area contributed by atoms with Crippen molar-refractivity contribution in [3.8, 4) is 11.5 Å². The number of rotatable bonds is 1. The molecule has 1 amide bonds. The van der Waals surface area contributed by atoms with Crippen LogP contribution in [0, 0.1) is 5.92 Å². The largest absolute Gasteiger partial charge is 0.493 e. The maximum absolute atomic E-state index is 12.7. The third-order valence-corrected chi connectivity index (χ3v) is 6.72. The van der Waals surface area contributed by atoms with Crippen LogP contribution in [-0.4, -0.2) is 42.4 Å². The lowest BCUT2D eigenvalue weighted by atomic mass is 9.51. The molecule has 5 heteroatoms. The highest BCUT2D eigenvalue weighted by Gasteiger charge is 2.66. The van der Waals surface area contributed by atoms with E-state index in [1.165, 1.54) is 11.1 Å². The summed E-state index contributed by atoms with van der Waals surface area (Å²) in [5.74, 6) is 2.14. The fraction of sp³-hybridized carbons (Fsp3) is 0.579. The van der Waals surface area contributed by atoms with Crippen LogP contribution in [0.4, 0.5) is 0 Å². The first-order valence-electron chi connectivity index (χ1n) is 8.75. The van der Waals surface area contributed by atoms with Crippen LogP contribution in [0.25, 0.3) is 0 Å². The maximum Gasteiger partial charge on any atom is 0.219 e. The van der Waals surface area contributed by atoms with Gasteiger partial charge in [0, 0.05) is 31.5 Å². The standard InChI is InChI=1S/C19H21NO4/c1-10(21)20-8-7-19-12-4-5-14(22)18(19)24-17-15(23-2)6-3-11(16(17)19)9-13(12)20/h3,6,12-13,18H,4-5,7-9H2,1-2H3/t12-,13+,18-,19-/m1/s1. The number of carbonyl (C=O) groups is 2. The zero-order valence-electron chi connectivity index (χ0n) is 14.0. The molecule has 4 aliphatic rings. The number of hydrogen-bond acceptors (Lipinski definition) is 4. The van der Waals surface area contributed by atoms with Crippen LogP contribution in [0.3, 0.4) is 0 Å². The molecule has 5 nitrogen and oxygen atoms in total. The number of piperidine rings is 1. The van der Waals surface area contributed by atoms with Crippen LogP contribution in [0.5, 0.6) is 11.5 Å². The molecular formula is C19H21NO4. The average Bonchev–Trinajstić information content (AvgIpc) is 2.90. The molecule has 2 aliphatic heterocycles. The maximum atomic E-state index is 12.7. The number of hydrogen-bond donors (Lipinski definition) is 0. The van der Waals surface area contributed by atoms with Gasteiger partial charge in [-0.3, -0.25) is 9.59 Å². The molecule has 2 bridgehead atoms. The monoisotopic (exact) mass is 327 g/mol. The van der Waals surface area contributed by atoms with E-state index < -0.39 is 6.10 Å². The van der Waals surface area contributed by atoms with Crippen LogP contribution in [0.1, 0.15) is 37.3 Å². The van der Waals surface area contributed by atoms with Gasteiger partial charge in [-0.05, 0) is 36.8 Å². The first kappa shape index (κ1) is 14.3. The van der Waals surface area contributed by atoms with E-state index in [1.807, 2.05) is 11.0 Å². The molecule has 1 saturated carbocycles. The number of carbonyl (C=O) groups excluding carboxylic acids is 2. The van der Waals surface area contributed by atoms with E-state index in [0.29, 0.717) is 18.9 Å². The normalized spacial score (nSPS) is 35.3. The summed E-state index contributed by atoms with van der Waals surface area (Å²) in [7, 11) is 1.64. The van der Waals surface area contributed by atoms with Gasteiger partial charge < -0.3 is 14.4 Å². The number of ketones is 1. The zero-order valence-corrected chi connectivity index (χ0v) is 14.0. The summed E-state index contributed by atoms with van der Waals surface area (Å²) in [6, 6.07) is 4.21. The second-order valence-corrected chi connectivity index (χ2v) is 7.51. The molecule has 0 N–H and O–H groups in total. The van der Waals surface area contributed by atoms with Gasteiger partial charge >= 0.3 is 0 Å². The molecule has 2 aliphatic carbocycles. The van der Waals surface area contributed by atoms with Crippen molar-refractivity contribution in [2.45, 2.75) is 50.2 Å². The topological polar surface area (TPSA) is 55.8 Å². The second-order valence-electron chi connectivity index (χ2n) is 7.51. The lowest BCUT2D eigenvalue weighted by molar-refractivity contribution is -0.146. The van der Waals surface area contributed by atoms with Gasteiger partial charge in [-0.25, -0.2) is 0 Å². The lowest BCUT2D eigenvalue weighted by Gasteiger charge is -2.57. The number of methoxy groups -OCH3 is 1. The summed E-state index contributed by atoms with van der Waals surface area (Å²) in [5.41, 5.74) is 2.16. The Morgan fingerprint density at radius 3 is 3.00 bits per heavy atom. The van der Waals surface area contributed by atoms with Crippen molar-refractivity contribution < 1.29 is 19.1 Å². The van der Waals surface area contributed by atoms with Gasteiger partial charge in [0.25, 0.3) is 0 Å². The zero-order chi connectivity index (χ0) is 16.6. The van der Waals surface area contributed by atoms with Crippen molar-refractivity contribution in [2.75, 3.05) is 13.7 Å². The van der Waals surface area contributed by atoms with E-state index in [2.05, 4.69) is 6.07 Å². The van der Waals surface area contributed by atoms with E-state index in [1.54, 1.807) is 14.0 Å². The quantitative estimate of drug-likeness (QED) is 0.790. The van der Waals surface area contributed by atoms with E-state index >= 15 is 0 Å². The SMILES string of the molecule is COc1ccc2c3c1O[C@@H]1C(=O)CC[C@@H]4[C@H](C2)N(C(C)=O)CC[C@@]314. The fourth-order valence-corrected chi connectivity index (χ4v) is 5.87. The highest BCUT2D eigenvalue weighted by atomic mass is 16.5. The number of nitrogens with zero attached hydrogens (tertiary/aromatic N) is 1. The Hall–Kier alpha value is -2.04. The molecule has 5 rings (SSSR count). The van der Waals surface area contributed by atoms with Gasteiger partial charge in [0.2, 0.25) is 5.91 Å². The van der Waals surface area contributed by atoms with Crippen molar-refractivity contribution in [2.24, 2.45) is 5.92 Å². The predicted molar refractivity (Wildman–Crippen MR) is 86.3 cm³/mol. The Bertz CT molecular complexity index is 773. The first-order valence-corrected chi connectivity index (χ1v) is 8.75. The summed E-state index contributed by atoms with van der Waals surface area (Å²) in [4.78, 5) is 26.9. The van der Waals surface area contributed by atoms with Crippen molar-refractivity contribution in [1.29, 1.82) is 0 Å². The van der Waals surface area contributed by atoms with E-state index in [9.17, 15) is 9.59 Å². The summed E-state index contributed by atoms with van der Waals surface area (Å²) < 4.78 is 11.7. The average molecular weight is 327 g/mol. The predicted octanol–water partition coefficient (Wildman–Crippen LogP) is 1.85. The molecule has 2 heterocycles. The Morgan fingerprint density at radius 1 is 1.42 bits per heavy atom. The summed E-state index contributed by atoms with van der Waals surface area (Å²) in [6.07, 6.45) is 2.65. The highest BCUT2D eigenvalue weighted by molar-refractivity contribution is 5.89. The Balaban J connectivity index is 1.77. The minimum absolute atomic E-state index is 0.138. The van der Waals surface area contributed by atoms with Crippen molar-refractivity contribution in [3.05, 3.63) is 23.3 Å². The molecule has 126 valence electrons. The van der Waals surface area contributed by atoms with Crippen molar-refractivity contribution in [3.63, 3.8) is 0 Å². The third-order valence-electron chi connectivity index (χ3n) is 6.72. The van der Waals surface area contributed by atoms with Crippen LogP contribution in [0.15, 0.2) is 12.1 Å².